The molecule has 1 N–H and O–H groups in total. The molecule has 28 heavy (non-hydrogen) atoms. The standard InChI is InChI=1S/C25H26O3/c1-25(22(26)21-15-9-4-10-16-21)23(27-17-19-11-5-2-6-12-19)24(25)28-18-20-13-7-3-8-14-20/h2-16,22-24,26H,17-18H2,1H3/t22-,23-,24+,25?/m0/s1. The van der Waals surface area contributed by atoms with Crippen LogP contribution in [0.5, 0.6) is 0 Å². The Labute approximate surface area is 166 Å². The smallest absolute Gasteiger partial charge is 0.0956 e. The van der Waals surface area contributed by atoms with E-state index >= 15 is 0 Å². The molecule has 1 aliphatic rings. The minimum Gasteiger partial charge on any atom is -0.388 e. The Bertz CT molecular complexity index is 815. The fourth-order valence-electron chi connectivity index (χ4n) is 3.81. The van der Waals surface area contributed by atoms with Gasteiger partial charge in [-0.3, -0.25) is 0 Å². The molecule has 1 unspecified atom stereocenters. The third-order valence-electron chi connectivity index (χ3n) is 5.64. The molecule has 4 rings (SSSR count). The van der Waals surface area contributed by atoms with Gasteiger partial charge in [0.25, 0.3) is 0 Å². The van der Waals surface area contributed by atoms with Gasteiger partial charge in [0.2, 0.25) is 0 Å². The van der Waals surface area contributed by atoms with Crippen molar-refractivity contribution in [1.82, 2.24) is 0 Å². The Morgan fingerprint density at radius 1 is 0.714 bits per heavy atom. The van der Waals surface area contributed by atoms with E-state index in [-0.39, 0.29) is 12.2 Å². The summed E-state index contributed by atoms with van der Waals surface area (Å²) in [6, 6.07) is 30.0. The van der Waals surface area contributed by atoms with Crippen molar-refractivity contribution < 1.29 is 14.6 Å². The normalized spacial score (nSPS) is 24.6. The van der Waals surface area contributed by atoms with Gasteiger partial charge in [-0.15, -0.1) is 0 Å². The molecule has 3 aromatic rings. The highest BCUT2D eigenvalue weighted by molar-refractivity contribution is 5.27. The van der Waals surface area contributed by atoms with Gasteiger partial charge in [-0.2, -0.15) is 0 Å². The molecule has 1 aliphatic carbocycles. The van der Waals surface area contributed by atoms with Crippen LogP contribution < -0.4 is 0 Å². The van der Waals surface area contributed by atoms with Crippen molar-refractivity contribution in [1.29, 1.82) is 0 Å². The van der Waals surface area contributed by atoms with E-state index in [4.69, 9.17) is 9.47 Å². The zero-order valence-corrected chi connectivity index (χ0v) is 16.1. The number of hydrogen-bond donors (Lipinski definition) is 1. The van der Waals surface area contributed by atoms with Gasteiger partial charge in [0.1, 0.15) is 0 Å². The molecule has 0 saturated heterocycles. The van der Waals surface area contributed by atoms with E-state index in [1.807, 2.05) is 91.0 Å². The van der Waals surface area contributed by atoms with Gasteiger partial charge in [0, 0.05) is 0 Å². The molecule has 1 fully saturated rings. The molecule has 3 nitrogen and oxygen atoms in total. The van der Waals surface area contributed by atoms with E-state index in [1.165, 1.54) is 0 Å². The van der Waals surface area contributed by atoms with E-state index in [1.54, 1.807) is 0 Å². The van der Waals surface area contributed by atoms with Crippen molar-refractivity contribution in [2.75, 3.05) is 0 Å². The van der Waals surface area contributed by atoms with Crippen LogP contribution >= 0.6 is 0 Å². The quantitative estimate of drug-likeness (QED) is 0.609. The Hall–Kier alpha value is -2.46. The molecule has 0 aliphatic heterocycles. The van der Waals surface area contributed by atoms with Crippen LogP contribution in [0.3, 0.4) is 0 Å². The minimum absolute atomic E-state index is 0.161. The number of ether oxygens (including phenoxy) is 2. The lowest BCUT2D eigenvalue weighted by molar-refractivity contribution is 0.0243. The van der Waals surface area contributed by atoms with E-state index in [2.05, 4.69) is 6.92 Å². The second kappa shape index (κ2) is 8.27. The summed E-state index contributed by atoms with van der Waals surface area (Å²) in [6.07, 6.45) is -0.964. The zero-order chi connectivity index (χ0) is 19.4. The van der Waals surface area contributed by atoms with E-state index < -0.39 is 11.5 Å². The molecule has 0 spiro atoms. The van der Waals surface area contributed by atoms with Gasteiger partial charge in [-0.1, -0.05) is 97.9 Å². The molecule has 0 radical (unpaired) electrons. The maximum atomic E-state index is 11.1. The van der Waals surface area contributed by atoms with Gasteiger partial charge < -0.3 is 14.6 Å². The molecule has 0 heterocycles. The summed E-state index contributed by atoms with van der Waals surface area (Å²) in [7, 11) is 0. The average Bonchev–Trinajstić information content (AvgIpc) is 3.35. The van der Waals surface area contributed by atoms with E-state index in [0.29, 0.717) is 13.2 Å². The number of benzene rings is 3. The van der Waals surface area contributed by atoms with Gasteiger partial charge in [-0.25, -0.2) is 0 Å². The highest BCUT2D eigenvalue weighted by Gasteiger charge is 2.68. The van der Waals surface area contributed by atoms with Crippen LogP contribution in [0, 0.1) is 5.41 Å². The van der Waals surface area contributed by atoms with Crippen molar-refractivity contribution in [2.45, 2.75) is 38.4 Å². The van der Waals surface area contributed by atoms with Crippen molar-refractivity contribution in [2.24, 2.45) is 5.41 Å². The lowest BCUT2D eigenvalue weighted by Crippen LogP contribution is -2.17. The van der Waals surface area contributed by atoms with Crippen LogP contribution in [0.25, 0.3) is 0 Å². The minimum atomic E-state index is -0.643. The predicted molar refractivity (Wildman–Crippen MR) is 110 cm³/mol. The van der Waals surface area contributed by atoms with Gasteiger partial charge in [0.15, 0.2) is 0 Å². The molecule has 3 heteroatoms. The zero-order valence-electron chi connectivity index (χ0n) is 16.1. The first-order valence-electron chi connectivity index (χ1n) is 9.73. The van der Waals surface area contributed by atoms with Crippen LogP contribution in [-0.2, 0) is 22.7 Å². The van der Waals surface area contributed by atoms with E-state index in [9.17, 15) is 5.11 Å². The summed E-state index contributed by atoms with van der Waals surface area (Å²) in [4.78, 5) is 0. The van der Waals surface area contributed by atoms with Crippen LogP contribution in [0.4, 0.5) is 0 Å². The highest BCUT2D eigenvalue weighted by Crippen LogP contribution is 2.58. The fourth-order valence-corrected chi connectivity index (χ4v) is 3.81. The molecule has 0 bridgehead atoms. The first-order chi connectivity index (χ1) is 13.7. The fraction of sp³-hybridized carbons (Fsp3) is 0.280. The molecule has 4 atom stereocenters. The Morgan fingerprint density at radius 3 is 1.54 bits per heavy atom. The number of hydrogen-bond acceptors (Lipinski definition) is 3. The summed E-state index contributed by atoms with van der Waals surface area (Å²) in [5.74, 6) is 0. The maximum Gasteiger partial charge on any atom is 0.0956 e. The van der Waals surface area contributed by atoms with Crippen molar-refractivity contribution in [3.8, 4) is 0 Å². The molecular weight excluding hydrogens is 348 g/mol. The first kappa shape index (κ1) is 18.9. The molecule has 1 saturated carbocycles. The third-order valence-corrected chi connectivity index (χ3v) is 5.64. The summed E-state index contributed by atoms with van der Waals surface area (Å²) in [5.41, 5.74) is 2.65. The van der Waals surface area contributed by atoms with Crippen LogP contribution in [0.15, 0.2) is 91.0 Å². The summed E-state index contributed by atoms with van der Waals surface area (Å²) >= 11 is 0. The Kier molecular flexibility index (Phi) is 5.58. The van der Waals surface area contributed by atoms with E-state index in [0.717, 1.165) is 16.7 Å². The summed E-state index contributed by atoms with van der Waals surface area (Å²) < 4.78 is 12.4. The van der Waals surface area contributed by atoms with Crippen molar-refractivity contribution >= 4 is 0 Å². The number of aliphatic hydroxyl groups excluding tert-OH is 1. The maximum absolute atomic E-state index is 11.1. The summed E-state index contributed by atoms with van der Waals surface area (Å²) in [5, 5.41) is 11.1. The highest BCUT2D eigenvalue weighted by atomic mass is 16.6. The van der Waals surface area contributed by atoms with Crippen molar-refractivity contribution in [3.63, 3.8) is 0 Å². The van der Waals surface area contributed by atoms with Crippen molar-refractivity contribution in [3.05, 3.63) is 108 Å². The molecule has 0 aromatic heterocycles. The van der Waals surface area contributed by atoms with Gasteiger partial charge >= 0.3 is 0 Å². The molecular formula is C25H26O3. The first-order valence-corrected chi connectivity index (χ1v) is 9.73. The van der Waals surface area contributed by atoms with Crippen LogP contribution in [-0.4, -0.2) is 17.3 Å². The monoisotopic (exact) mass is 374 g/mol. The van der Waals surface area contributed by atoms with Gasteiger partial charge in [0.05, 0.1) is 36.9 Å². The van der Waals surface area contributed by atoms with Crippen LogP contribution in [0.1, 0.15) is 29.7 Å². The average molecular weight is 374 g/mol. The Balaban J connectivity index is 1.48. The van der Waals surface area contributed by atoms with Crippen LogP contribution in [0.2, 0.25) is 0 Å². The molecule has 3 aromatic carbocycles. The number of rotatable bonds is 8. The summed E-state index contributed by atoms with van der Waals surface area (Å²) in [6.45, 7) is 3.07. The topological polar surface area (TPSA) is 38.7 Å². The SMILES string of the molecule is CC1([C@@H](O)c2ccccc2)[C@H](OCc2ccccc2)[C@@H]1OCc1ccccc1. The molecule has 144 valence electrons. The van der Waals surface area contributed by atoms with Gasteiger partial charge in [-0.05, 0) is 16.7 Å². The number of aliphatic hydroxyl groups is 1. The lowest BCUT2D eigenvalue weighted by Gasteiger charge is -2.20. The predicted octanol–water partition coefficient (Wildman–Crippen LogP) is 4.91. The largest absolute Gasteiger partial charge is 0.388 e. The third kappa shape index (κ3) is 3.88. The lowest BCUT2D eigenvalue weighted by atomic mass is 9.94. The second-order valence-corrected chi connectivity index (χ2v) is 7.61. The molecule has 0 amide bonds. The Morgan fingerprint density at radius 2 is 1.11 bits per heavy atom. The second-order valence-electron chi connectivity index (χ2n) is 7.61.